The van der Waals surface area contributed by atoms with Crippen molar-refractivity contribution in [3.8, 4) is 16.9 Å². The number of phenols is 1. The fraction of sp³-hybridized carbons (Fsp3) is 0.0667. The van der Waals surface area contributed by atoms with Crippen molar-refractivity contribution in [2.45, 2.75) is 0 Å². The molecule has 2 aromatic rings. The molecule has 0 aliphatic heterocycles. The smallest absolute Gasteiger partial charge is 0.341 e. The third kappa shape index (κ3) is 2.63. The Labute approximate surface area is 110 Å². The number of hydrogen-bond acceptors (Lipinski definition) is 4. The van der Waals surface area contributed by atoms with Crippen LogP contribution in [0.25, 0.3) is 11.1 Å². The first-order valence-electron chi connectivity index (χ1n) is 5.62. The second-order valence-corrected chi connectivity index (χ2v) is 3.97. The molecule has 0 unspecified atom stereocenters. The molecule has 0 aliphatic carbocycles. The van der Waals surface area contributed by atoms with Crippen LogP contribution in [-0.2, 0) is 4.74 Å². The van der Waals surface area contributed by atoms with Crippen molar-refractivity contribution in [2.75, 3.05) is 7.11 Å². The predicted molar refractivity (Wildman–Crippen MR) is 70.3 cm³/mol. The van der Waals surface area contributed by atoms with Crippen molar-refractivity contribution < 1.29 is 19.4 Å². The van der Waals surface area contributed by atoms with E-state index in [1.165, 1.54) is 19.2 Å². The van der Waals surface area contributed by atoms with Gasteiger partial charge in [0.15, 0.2) is 0 Å². The van der Waals surface area contributed by atoms with E-state index >= 15 is 0 Å². The van der Waals surface area contributed by atoms with Gasteiger partial charge >= 0.3 is 5.97 Å². The summed E-state index contributed by atoms with van der Waals surface area (Å²) >= 11 is 0. The van der Waals surface area contributed by atoms with Crippen LogP contribution in [0.2, 0.25) is 0 Å². The van der Waals surface area contributed by atoms with Crippen molar-refractivity contribution >= 4 is 12.3 Å². The Balaban J connectivity index is 2.50. The predicted octanol–water partition coefficient (Wildman–Crippen LogP) is 2.66. The third-order valence-corrected chi connectivity index (χ3v) is 2.76. The summed E-state index contributed by atoms with van der Waals surface area (Å²) < 4.78 is 4.60. The molecule has 0 aliphatic rings. The first-order chi connectivity index (χ1) is 9.15. The van der Waals surface area contributed by atoms with Crippen LogP contribution in [0.15, 0.2) is 42.5 Å². The monoisotopic (exact) mass is 256 g/mol. The first-order valence-corrected chi connectivity index (χ1v) is 5.62. The van der Waals surface area contributed by atoms with Crippen LogP contribution in [0.5, 0.6) is 5.75 Å². The minimum atomic E-state index is -0.606. The van der Waals surface area contributed by atoms with Gasteiger partial charge in [0, 0.05) is 5.56 Å². The van der Waals surface area contributed by atoms with E-state index < -0.39 is 5.97 Å². The molecule has 4 nitrogen and oxygen atoms in total. The number of ether oxygens (including phenoxy) is 1. The van der Waals surface area contributed by atoms with Crippen LogP contribution in [0.1, 0.15) is 20.7 Å². The zero-order chi connectivity index (χ0) is 13.8. The number of phenolic OH excluding ortho intramolecular Hbond substituents is 1. The summed E-state index contributed by atoms with van der Waals surface area (Å²) in [6, 6.07) is 11.6. The van der Waals surface area contributed by atoms with Crippen LogP contribution in [0.4, 0.5) is 0 Å². The van der Waals surface area contributed by atoms with Gasteiger partial charge < -0.3 is 9.84 Å². The molecule has 0 bridgehead atoms. The van der Waals surface area contributed by atoms with Gasteiger partial charge in [0.2, 0.25) is 0 Å². The van der Waals surface area contributed by atoms with Crippen molar-refractivity contribution in [1.82, 2.24) is 0 Å². The number of esters is 1. The molecule has 0 aromatic heterocycles. The Morgan fingerprint density at radius 3 is 2.58 bits per heavy atom. The summed E-state index contributed by atoms with van der Waals surface area (Å²) in [6.07, 6.45) is 0.755. The number of hydrogen-bond donors (Lipinski definition) is 1. The van der Waals surface area contributed by atoms with E-state index in [0.717, 1.165) is 17.4 Å². The highest BCUT2D eigenvalue weighted by atomic mass is 16.5. The van der Waals surface area contributed by atoms with Gasteiger partial charge in [-0.3, -0.25) is 4.79 Å². The number of carbonyl (C=O) groups excluding carboxylic acids is 2. The number of aromatic hydroxyl groups is 1. The quantitative estimate of drug-likeness (QED) is 0.677. The molecule has 4 heteroatoms. The molecule has 0 spiro atoms. The number of benzene rings is 2. The van der Waals surface area contributed by atoms with E-state index in [2.05, 4.69) is 4.74 Å². The lowest BCUT2D eigenvalue weighted by molar-refractivity contribution is 0.0597. The van der Waals surface area contributed by atoms with E-state index in [1.807, 2.05) is 6.07 Å². The lowest BCUT2D eigenvalue weighted by Crippen LogP contribution is -2.01. The van der Waals surface area contributed by atoms with E-state index in [9.17, 15) is 14.7 Å². The Bertz CT molecular complexity index is 632. The fourth-order valence-corrected chi connectivity index (χ4v) is 1.78. The molecule has 0 heterocycles. The standard InChI is InChI=1S/C15H12O4/c1-19-15(18)13-8-12(5-6-14(13)17)11-4-2-3-10(7-11)9-16/h2-9,17H,1H3. The van der Waals surface area contributed by atoms with Gasteiger partial charge in [0.05, 0.1) is 7.11 Å². The maximum Gasteiger partial charge on any atom is 0.341 e. The molecule has 0 radical (unpaired) electrons. The maximum atomic E-state index is 11.5. The summed E-state index contributed by atoms with van der Waals surface area (Å²) in [4.78, 5) is 22.3. The molecule has 2 aromatic carbocycles. The topological polar surface area (TPSA) is 63.6 Å². The highest BCUT2D eigenvalue weighted by Crippen LogP contribution is 2.26. The minimum Gasteiger partial charge on any atom is -0.507 e. The largest absolute Gasteiger partial charge is 0.507 e. The molecule has 0 saturated carbocycles. The summed E-state index contributed by atoms with van der Waals surface area (Å²) in [7, 11) is 1.25. The van der Waals surface area contributed by atoms with Crippen molar-refractivity contribution in [3.05, 3.63) is 53.6 Å². The van der Waals surface area contributed by atoms with Crippen molar-refractivity contribution in [3.63, 3.8) is 0 Å². The SMILES string of the molecule is COC(=O)c1cc(-c2cccc(C=O)c2)ccc1O. The number of aldehydes is 1. The highest BCUT2D eigenvalue weighted by Gasteiger charge is 2.12. The lowest BCUT2D eigenvalue weighted by Gasteiger charge is -2.07. The van der Waals surface area contributed by atoms with Gasteiger partial charge in [0.25, 0.3) is 0 Å². The summed E-state index contributed by atoms with van der Waals surface area (Å²) in [6.45, 7) is 0. The molecule has 0 amide bonds. The first kappa shape index (κ1) is 12.8. The fourth-order valence-electron chi connectivity index (χ4n) is 1.78. The van der Waals surface area contributed by atoms with E-state index in [1.54, 1.807) is 24.3 Å². The zero-order valence-electron chi connectivity index (χ0n) is 10.3. The van der Waals surface area contributed by atoms with Crippen LogP contribution in [0, 0.1) is 0 Å². The Kier molecular flexibility index (Phi) is 3.61. The van der Waals surface area contributed by atoms with E-state index in [4.69, 9.17) is 0 Å². The Hall–Kier alpha value is -2.62. The molecule has 0 atom stereocenters. The lowest BCUT2D eigenvalue weighted by atomic mass is 10.0. The molecule has 96 valence electrons. The summed E-state index contributed by atoms with van der Waals surface area (Å²) in [5.41, 5.74) is 2.15. The summed E-state index contributed by atoms with van der Waals surface area (Å²) in [5.74, 6) is -0.743. The molecule has 2 rings (SSSR count). The number of carbonyl (C=O) groups is 2. The van der Waals surface area contributed by atoms with Crippen molar-refractivity contribution in [1.29, 1.82) is 0 Å². The molecular weight excluding hydrogens is 244 g/mol. The normalized spacial score (nSPS) is 9.95. The highest BCUT2D eigenvalue weighted by molar-refractivity contribution is 5.94. The van der Waals surface area contributed by atoms with Crippen LogP contribution in [0.3, 0.4) is 0 Å². The minimum absolute atomic E-state index is 0.0940. The summed E-state index contributed by atoms with van der Waals surface area (Å²) in [5, 5.41) is 9.63. The number of methoxy groups -OCH3 is 1. The third-order valence-electron chi connectivity index (χ3n) is 2.76. The van der Waals surface area contributed by atoms with Gasteiger partial charge in [-0.05, 0) is 29.3 Å². The molecule has 19 heavy (non-hydrogen) atoms. The van der Waals surface area contributed by atoms with Gasteiger partial charge in [0.1, 0.15) is 17.6 Å². The van der Waals surface area contributed by atoms with E-state index in [0.29, 0.717) is 5.56 Å². The second kappa shape index (κ2) is 5.35. The Morgan fingerprint density at radius 1 is 1.16 bits per heavy atom. The molecular formula is C15H12O4. The average molecular weight is 256 g/mol. The average Bonchev–Trinajstić information content (AvgIpc) is 2.47. The zero-order valence-corrected chi connectivity index (χ0v) is 10.3. The molecule has 0 saturated heterocycles. The maximum absolute atomic E-state index is 11.5. The van der Waals surface area contributed by atoms with Gasteiger partial charge in [-0.15, -0.1) is 0 Å². The number of rotatable bonds is 3. The van der Waals surface area contributed by atoms with Gasteiger partial charge in [-0.25, -0.2) is 4.79 Å². The van der Waals surface area contributed by atoms with Crippen LogP contribution >= 0.6 is 0 Å². The van der Waals surface area contributed by atoms with Crippen molar-refractivity contribution in [2.24, 2.45) is 0 Å². The molecule has 1 N–H and O–H groups in total. The Morgan fingerprint density at radius 2 is 1.89 bits per heavy atom. The second-order valence-electron chi connectivity index (χ2n) is 3.97. The van der Waals surface area contributed by atoms with Gasteiger partial charge in [-0.1, -0.05) is 24.3 Å². The van der Waals surface area contributed by atoms with Gasteiger partial charge in [-0.2, -0.15) is 0 Å². The van der Waals surface area contributed by atoms with Crippen LogP contribution < -0.4 is 0 Å². The molecule has 0 fully saturated rings. The van der Waals surface area contributed by atoms with E-state index in [-0.39, 0.29) is 11.3 Å². The van der Waals surface area contributed by atoms with Crippen LogP contribution in [-0.4, -0.2) is 24.5 Å².